The van der Waals surface area contributed by atoms with Gasteiger partial charge in [0.05, 0.1) is 0 Å². The van der Waals surface area contributed by atoms with Gasteiger partial charge in [0, 0.05) is 10.8 Å². The van der Waals surface area contributed by atoms with E-state index in [4.69, 9.17) is 0 Å². The maximum atomic E-state index is 11.8. The van der Waals surface area contributed by atoms with Crippen molar-refractivity contribution < 1.29 is 4.79 Å². The smallest absolute Gasteiger partial charge is 0.220 e. The molecule has 0 aromatic heterocycles. The molecule has 2 rings (SSSR count). The Labute approximate surface area is 114 Å². The van der Waals surface area contributed by atoms with E-state index in [9.17, 15) is 4.79 Å². The van der Waals surface area contributed by atoms with Gasteiger partial charge in [0.1, 0.15) is 0 Å². The highest BCUT2D eigenvalue weighted by Crippen LogP contribution is 2.44. The van der Waals surface area contributed by atoms with Gasteiger partial charge in [0.15, 0.2) is 0 Å². The van der Waals surface area contributed by atoms with E-state index in [0.29, 0.717) is 5.25 Å². The Bertz CT molecular complexity index is 400. The van der Waals surface area contributed by atoms with Crippen LogP contribution in [-0.2, 0) is 0 Å². The summed E-state index contributed by atoms with van der Waals surface area (Å²) in [6, 6.07) is 8.09. The number of unbranched alkanes of at least 4 members (excludes halogenated alkanes) is 5. The van der Waals surface area contributed by atoms with E-state index in [2.05, 4.69) is 13.0 Å². The summed E-state index contributed by atoms with van der Waals surface area (Å²) in [5.74, 6) is 0. The highest BCUT2D eigenvalue weighted by Gasteiger charge is 2.28. The van der Waals surface area contributed by atoms with Gasteiger partial charge in [0.25, 0.3) is 0 Å². The monoisotopic (exact) mass is 262 g/mol. The molecular formula is C16H22OS. The lowest BCUT2D eigenvalue weighted by Crippen LogP contribution is -1.91. The molecule has 0 bridgehead atoms. The Balaban J connectivity index is 1.77. The SMILES string of the molecule is CCCCCCCCC1SC(=O)c2ccccc21. The lowest BCUT2D eigenvalue weighted by atomic mass is 10.0. The largest absolute Gasteiger partial charge is 0.282 e. The molecule has 0 saturated heterocycles. The molecule has 1 heterocycles. The van der Waals surface area contributed by atoms with Crippen LogP contribution in [0, 0.1) is 0 Å². The van der Waals surface area contributed by atoms with Gasteiger partial charge < -0.3 is 0 Å². The number of hydrogen-bond donors (Lipinski definition) is 0. The van der Waals surface area contributed by atoms with Crippen molar-refractivity contribution in [2.45, 2.75) is 57.1 Å². The first kappa shape index (κ1) is 13.7. The van der Waals surface area contributed by atoms with Crippen LogP contribution in [0.15, 0.2) is 24.3 Å². The fraction of sp³-hybridized carbons (Fsp3) is 0.562. The summed E-state index contributed by atoms with van der Waals surface area (Å²) in [6.45, 7) is 2.25. The number of fused-ring (bicyclic) bond motifs is 1. The first-order valence-electron chi connectivity index (χ1n) is 7.13. The molecule has 0 fully saturated rings. The molecule has 2 heteroatoms. The Morgan fingerprint density at radius 2 is 1.78 bits per heavy atom. The maximum absolute atomic E-state index is 11.8. The zero-order valence-electron chi connectivity index (χ0n) is 11.2. The molecule has 0 radical (unpaired) electrons. The second kappa shape index (κ2) is 6.98. The Kier molecular flexibility index (Phi) is 5.30. The first-order valence-corrected chi connectivity index (χ1v) is 8.00. The van der Waals surface area contributed by atoms with Crippen molar-refractivity contribution in [3.05, 3.63) is 35.4 Å². The fourth-order valence-corrected chi connectivity index (χ4v) is 3.73. The fourth-order valence-electron chi connectivity index (χ4n) is 2.54. The van der Waals surface area contributed by atoms with Gasteiger partial charge in [-0.15, -0.1) is 0 Å². The molecule has 1 nitrogen and oxygen atoms in total. The van der Waals surface area contributed by atoms with E-state index >= 15 is 0 Å². The van der Waals surface area contributed by atoms with Gasteiger partial charge in [-0.05, 0) is 12.0 Å². The van der Waals surface area contributed by atoms with Gasteiger partial charge in [-0.3, -0.25) is 4.79 Å². The molecule has 1 aliphatic rings. The number of carbonyl (C=O) groups is 1. The average Bonchev–Trinajstić information content (AvgIpc) is 2.71. The van der Waals surface area contributed by atoms with E-state index < -0.39 is 0 Å². The van der Waals surface area contributed by atoms with E-state index in [1.165, 1.54) is 55.9 Å². The van der Waals surface area contributed by atoms with Gasteiger partial charge in [-0.1, -0.05) is 81.5 Å². The Hall–Kier alpha value is -0.760. The highest BCUT2D eigenvalue weighted by molar-refractivity contribution is 8.14. The number of thioether (sulfide) groups is 1. The van der Waals surface area contributed by atoms with Crippen LogP contribution >= 0.6 is 11.8 Å². The molecule has 0 spiro atoms. The van der Waals surface area contributed by atoms with Crippen molar-refractivity contribution in [2.24, 2.45) is 0 Å². The van der Waals surface area contributed by atoms with Crippen LogP contribution in [0.2, 0.25) is 0 Å². The van der Waals surface area contributed by atoms with Gasteiger partial charge >= 0.3 is 0 Å². The van der Waals surface area contributed by atoms with Crippen LogP contribution in [0.1, 0.15) is 73.0 Å². The zero-order chi connectivity index (χ0) is 12.8. The van der Waals surface area contributed by atoms with E-state index in [1.807, 2.05) is 18.2 Å². The summed E-state index contributed by atoms with van der Waals surface area (Å²) in [7, 11) is 0. The van der Waals surface area contributed by atoms with Crippen LogP contribution in [0.3, 0.4) is 0 Å². The summed E-state index contributed by atoms with van der Waals surface area (Å²) < 4.78 is 0. The number of hydrogen-bond acceptors (Lipinski definition) is 2. The van der Waals surface area contributed by atoms with Crippen LogP contribution < -0.4 is 0 Å². The molecule has 0 N–H and O–H groups in total. The van der Waals surface area contributed by atoms with E-state index in [1.54, 1.807) is 0 Å². The second-order valence-electron chi connectivity index (χ2n) is 5.04. The molecule has 1 atom stereocenters. The first-order chi connectivity index (χ1) is 8.83. The minimum Gasteiger partial charge on any atom is -0.282 e. The molecule has 1 aromatic carbocycles. The standard InChI is InChI=1S/C16H22OS/c1-2-3-4-5-6-7-12-15-13-10-8-9-11-14(13)16(17)18-15/h8-11,15H,2-7,12H2,1H3. The summed E-state index contributed by atoms with van der Waals surface area (Å²) in [6.07, 6.45) is 9.10. The third-order valence-electron chi connectivity index (χ3n) is 3.60. The predicted octanol–water partition coefficient (Wildman–Crippen LogP) is 5.37. The normalized spacial score (nSPS) is 18.1. The quantitative estimate of drug-likeness (QED) is 0.615. The molecule has 1 unspecified atom stereocenters. The lowest BCUT2D eigenvalue weighted by Gasteiger charge is -2.09. The van der Waals surface area contributed by atoms with Crippen molar-refractivity contribution in [3.8, 4) is 0 Å². The molecule has 1 aliphatic heterocycles. The van der Waals surface area contributed by atoms with Gasteiger partial charge in [0.2, 0.25) is 5.12 Å². The average molecular weight is 262 g/mol. The van der Waals surface area contributed by atoms with Crippen molar-refractivity contribution in [1.82, 2.24) is 0 Å². The number of benzene rings is 1. The van der Waals surface area contributed by atoms with Gasteiger partial charge in [-0.2, -0.15) is 0 Å². The maximum Gasteiger partial charge on any atom is 0.220 e. The van der Waals surface area contributed by atoms with Crippen LogP contribution in [0.5, 0.6) is 0 Å². The van der Waals surface area contributed by atoms with Crippen molar-refractivity contribution in [1.29, 1.82) is 0 Å². The number of carbonyl (C=O) groups excluding carboxylic acids is 1. The second-order valence-corrected chi connectivity index (χ2v) is 6.21. The van der Waals surface area contributed by atoms with Gasteiger partial charge in [-0.25, -0.2) is 0 Å². The lowest BCUT2D eigenvalue weighted by molar-refractivity contribution is 0.109. The summed E-state index contributed by atoms with van der Waals surface area (Å²) in [5, 5.41) is 0.682. The summed E-state index contributed by atoms with van der Waals surface area (Å²) in [4.78, 5) is 11.8. The van der Waals surface area contributed by atoms with Crippen LogP contribution in [-0.4, -0.2) is 5.12 Å². The van der Waals surface area contributed by atoms with E-state index in [-0.39, 0.29) is 5.12 Å². The minimum absolute atomic E-state index is 0.265. The molecule has 18 heavy (non-hydrogen) atoms. The Morgan fingerprint density at radius 1 is 1.06 bits per heavy atom. The summed E-state index contributed by atoms with van der Waals surface area (Å²) >= 11 is 1.52. The van der Waals surface area contributed by atoms with Crippen LogP contribution in [0.4, 0.5) is 0 Å². The zero-order valence-corrected chi connectivity index (χ0v) is 12.0. The van der Waals surface area contributed by atoms with Crippen LogP contribution in [0.25, 0.3) is 0 Å². The summed E-state index contributed by atoms with van der Waals surface area (Å²) in [5.41, 5.74) is 2.21. The molecule has 1 aromatic rings. The van der Waals surface area contributed by atoms with Crippen molar-refractivity contribution >= 4 is 16.9 Å². The van der Waals surface area contributed by atoms with E-state index in [0.717, 1.165) is 12.0 Å². The highest BCUT2D eigenvalue weighted by atomic mass is 32.2. The van der Waals surface area contributed by atoms with Crippen molar-refractivity contribution in [3.63, 3.8) is 0 Å². The predicted molar refractivity (Wildman–Crippen MR) is 79.1 cm³/mol. The number of rotatable bonds is 7. The Morgan fingerprint density at radius 3 is 2.61 bits per heavy atom. The topological polar surface area (TPSA) is 17.1 Å². The molecule has 0 amide bonds. The minimum atomic E-state index is 0.265. The molecule has 0 aliphatic carbocycles. The third-order valence-corrected chi connectivity index (χ3v) is 4.80. The molecule has 98 valence electrons. The third kappa shape index (κ3) is 3.38. The van der Waals surface area contributed by atoms with Crippen molar-refractivity contribution in [2.75, 3.05) is 0 Å². The molecule has 0 saturated carbocycles. The molecular weight excluding hydrogens is 240 g/mol.